The zero-order valence-corrected chi connectivity index (χ0v) is 24.8. The second-order valence-corrected chi connectivity index (χ2v) is 13.4. The van der Waals surface area contributed by atoms with Crippen LogP contribution in [-0.2, 0) is 37.2 Å². The Balaban J connectivity index is 1.81. The van der Waals surface area contributed by atoms with Crippen molar-refractivity contribution in [3.63, 3.8) is 0 Å². The summed E-state index contributed by atoms with van der Waals surface area (Å²) in [6.07, 6.45) is 1.64. The van der Waals surface area contributed by atoms with Crippen LogP contribution < -0.4 is 9.47 Å². The zero-order chi connectivity index (χ0) is 29.2. The molecule has 12 nitrogen and oxygen atoms in total. The van der Waals surface area contributed by atoms with Gasteiger partial charge in [-0.25, -0.2) is 16.8 Å². The van der Waals surface area contributed by atoms with Gasteiger partial charge in [-0.15, -0.1) is 10.2 Å². The molecular formula is C25H28ClN5O7S2. The Morgan fingerprint density at radius 1 is 0.975 bits per heavy atom. The molecule has 4 aromatic rings. The summed E-state index contributed by atoms with van der Waals surface area (Å²) in [7, 11) is -1.70. The van der Waals surface area contributed by atoms with Crippen molar-refractivity contribution in [2.75, 3.05) is 33.3 Å². The van der Waals surface area contributed by atoms with Gasteiger partial charge >= 0.3 is 0 Å². The Kier molecular flexibility index (Phi) is 8.54. The molecule has 1 atom stereocenters. The minimum Gasteiger partial charge on any atom is -0.494 e. The summed E-state index contributed by atoms with van der Waals surface area (Å²) in [5, 5.41) is 13.1. The lowest BCUT2D eigenvalue weighted by atomic mass is 10.1. The number of ether oxygens (including phenoxy) is 3. The summed E-state index contributed by atoms with van der Waals surface area (Å²) in [6, 6.07) is 11.1. The van der Waals surface area contributed by atoms with E-state index in [1.54, 1.807) is 42.2 Å². The number of methoxy groups -OCH3 is 3. The van der Waals surface area contributed by atoms with Gasteiger partial charge in [0.2, 0.25) is 0 Å². The molecular weight excluding hydrogens is 582 g/mol. The van der Waals surface area contributed by atoms with Crippen molar-refractivity contribution in [2.24, 2.45) is 7.05 Å². The number of hydrogen-bond donors (Lipinski definition) is 0. The van der Waals surface area contributed by atoms with Crippen LogP contribution in [0.15, 0.2) is 53.6 Å². The van der Waals surface area contributed by atoms with Gasteiger partial charge in [-0.1, -0.05) is 23.7 Å². The maximum Gasteiger partial charge on any atom is 0.189 e. The van der Waals surface area contributed by atoms with E-state index in [9.17, 15) is 16.8 Å². The van der Waals surface area contributed by atoms with Crippen LogP contribution in [0.4, 0.5) is 0 Å². The summed E-state index contributed by atoms with van der Waals surface area (Å²) in [5.41, 5.74) is 1.02. The van der Waals surface area contributed by atoms with Crippen LogP contribution in [0.5, 0.6) is 11.5 Å². The molecule has 0 radical (unpaired) electrons. The highest BCUT2D eigenvalue weighted by molar-refractivity contribution is 7.91. The summed E-state index contributed by atoms with van der Waals surface area (Å²) in [4.78, 5) is -0.110. The average Bonchev–Trinajstić information content (AvgIpc) is 3.51. The van der Waals surface area contributed by atoms with Crippen molar-refractivity contribution in [1.29, 1.82) is 0 Å². The Bertz CT molecular complexity index is 1730. The fourth-order valence-electron chi connectivity index (χ4n) is 4.26. The molecule has 0 bridgehead atoms. The third kappa shape index (κ3) is 6.14. The van der Waals surface area contributed by atoms with Gasteiger partial charge in [-0.05, 0) is 30.3 Å². The number of aryl methyl sites for hydroxylation is 1. The lowest BCUT2D eigenvalue weighted by Crippen LogP contribution is -2.21. The number of rotatable bonds is 11. The van der Waals surface area contributed by atoms with Crippen LogP contribution in [0.1, 0.15) is 17.5 Å². The van der Waals surface area contributed by atoms with Gasteiger partial charge in [0, 0.05) is 37.2 Å². The Hall–Kier alpha value is -3.46. The number of hydrogen-bond acceptors (Lipinski definition) is 10. The first-order chi connectivity index (χ1) is 18.9. The maximum atomic E-state index is 13.6. The number of sulfone groups is 2. The topological polar surface area (TPSA) is 144 Å². The first-order valence-electron chi connectivity index (χ1n) is 11.8. The molecule has 214 valence electrons. The van der Waals surface area contributed by atoms with Crippen LogP contribution in [0, 0.1) is 0 Å². The Morgan fingerprint density at radius 2 is 1.65 bits per heavy atom. The highest BCUT2D eigenvalue weighted by atomic mass is 35.5. The molecule has 2 aromatic carbocycles. The van der Waals surface area contributed by atoms with E-state index in [-0.39, 0.29) is 27.1 Å². The van der Waals surface area contributed by atoms with Gasteiger partial charge in [0.15, 0.2) is 31.3 Å². The van der Waals surface area contributed by atoms with Gasteiger partial charge in [-0.2, -0.15) is 5.10 Å². The highest BCUT2D eigenvalue weighted by Gasteiger charge is 2.30. The Labute approximate surface area is 237 Å². The molecule has 0 aliphatic heterocycles. The van der Waals surface area contributed by atoms with E-state index >= 15 is 0 Å². The molecule has 0 fully saturated rings. The van der Waals surface area contributed by atoms with E-state index in [4.69, 9.17) is 25.8 Å². The highest BCUT2D eigenvalue weighted by Crippen LogP contribution is 2.37. The van der Waals surface area contributed by atoms with Gasteiger partial charge < -0.3 is 14.2 Å². The van der Waals surface area contributed by atoms with Gasteiger partial charge in [0.1, 0.15) is 28.6 Å². The fourth-order valence-corrected chi connectivity index (χ4v) is 6.94. The van der Waals surface area contributed by atoms with Crippen LogP contribution >= 0.6 is 11.6 Å². The molecule has 0 spiro atoms. The SMILES string of the molecule is COc1cccc(OC)c1-n1c(CS(=O)(=O)C[C@H](OC)c2ccc(Cl)cc2S(C)(=O)=O)nnc1-c1ccn(C)n1. The molecule has 0 N–H and O–H groups in total. The molecule has 4 rings (SSSR count). The largest absolute Gasteiger partial charge is 0.494 e. The molecule has 0 aliphatic rings. The maximum absolute atomic E-state index is 13.6. The molecule has 0 saturated heterocycles. The minimum absolute atomic E-state index is 0.0674. The van der Waals surface area contributed by atoms with E-state index in [1.165, 1.54) is 44.1 Å². The van der Waals surface area contributed by atoms with Crippen LogP contribution in [0.2, 0.25) is 5.02 Å². The number of halogens is 1. The smallest absolute Gasteiger partial charge is 0.189 e. The fraction of sp³-hybridized carbons (Fsp3) is 0.320. The summed E-state index contributed by atoms with van der Waals surface area (Å²) in [6.45, 7) is 0. The van der Waals surface area contributed by atoms with Crippen molar-refractivity contribution in [3.8, 4) is 28.7 Å². The standard InChI is InChI=1S/C25H28ClN5O7S2/c1-30-12-11-18(29-30)25-28-27-23(31(25)24-19(36-2)7-6-8-20(24)37-3)15-40(34,35)14-21(38-4)17-10-9-16(26)13-22(17)39(5,32)33/h6-13,21H,14-15H2,1-5H3/t21-/m0/s1. The van der Waals surface area contributed by atoms with E-state index in [0.29, 0.717) is 22.9 Å². The lowest BCUT2D eigenvalue weighted by molar-refractivity contribution is 0.119. The minimum atomic E-state index is -3.98. The zero-order valence-electron chi connectivity index (χ0n) is 22.4. The monoisotopic (exact) mass is 609 g/mol. The Morgan fingerprint density at radius 3 is 2.20 bits per heavy atom. The molecule has 40 heavy (non-hydrogen) atoms. The van der Waals surface area contributed by atoms with Crippen molar-refractivity contribution in [3.05, 3.63) is 65.1 Å². The average molecular weight is 610 g/mol. The van der Waals surface area contributed by atoms with E-state index in [0.717, 1.165) is 6.26 Å². The summed E-state index contributed by atoms with van der Waals surface area (Å²) in [5.74, 6) is 0.0252. The van der Waals surface area contributed by atoms with E-state index in [1.807, 2.05) is 0 Å². The summed E-state index contributed by atoms with van der Waals surface area (Å²) < 4.78 is 71.8. The molecule has 2 aromatic heterocycles. The van der Waals surface area contributed by atoms with E-state index < -0.39 is 37.3 Å². The first-order valence-corrected chi connectivity index (χ1v) is 15.9. The van der Waals surface area contributed by atoms with Crippen LogP contribution in [0.3, 0.4) is 0 Å². The predicted molar refractivity (Wildman–Crippen MR) is 148 cm³/mol. The van der Waals surface area contributed by atoms with Gasteiger partial charge in [0.05, 0.1) is 31.0 Å². The number of nitrogens with zero attached hydrogens (tertiary/aromatic N) is 5. The van der Waals surface area contributed by atoms with Crippen molar-refractivity contribution in [1.82, 2.24) is 24.5 Å². The van der Waals surface area contributed by atoms with Gasteiger partial charge in [0.25, 0.3) is 0 Å². The normalized spacial score (nSPS) is 12.8. The van der Waals surface area contributed by atoms with Crippen molar-refractivity contribution >= 4 is 31.3 Å². The molecule has 0 aliphatic carbocycles. The second-order valence-electron chi connectivity index (χ2n) is 8.89. The van der Waals surface area contributed by atoms with E-state index in [2.05, 4.69) is 15.3 Å². The van der Waals surface area contributed by atoms with Crippen LogP contribution in [-0.4, -0.2) is 74.7 Å². The second kappa shape index (κ2) is 11.6. The van der Waals surface area contributed by atoms with Gasteiger partial charge in [-0.3, -0.25) is 9.25 Å². The van der Waals surface area contributed by atoms with Crippen molar-refractivity contribution in [2.45, 2.75) is 16.8 Å². The molecule has 0 unspecified atom stereocenters. The number of benzene rings is 2. The first kappa shape index (κ1) is 29.5. The lowest BCUT2D eigenvalue weighted by Gasteiger charge is -2.20. The molecule has 0 saturated carbocycles. The van der Waals surface area contributed by atoms with Crippen LogP contribution in [0.25, 0.3) is 17.2 Å². The number of para-hydroxylation sites is 1. The molecule has 2 heterocycles. The third-order valence-electron chi connectivity index (χ3n) is 6.06. The third-order valence-corrected chi connectivity index (χ3v) is 8.96. The quantitative estimate of drug-likeness (QED) is 0.249. The predicted octanol–water partition coefficient (Wildman–Crippen LogP) is 3.04. The molecule has 0 amide bonds. The summed E-state index contributed by atoms with van der Waals surface area (Å²) >= 11 is 6.02. The van der Waals surface area contributed by atoms with Crippen molar-refractivity contribution < 1.29 is 31.0 Å². The molecule has 15 heteroatoms. The number of aromatic nitrogens is 5.